The second-order valence-corrected chi connectivity index (χ2v) is 2.34. The highest BCUT2D eigenvalue weighted by Gasteiger charge is 2.27. The van der Waals surface area contributed by atoms with Crippen LogP contribution in [0, 0.1) is 12.3 Å². The van der Waals surface area contributed by atoms with Crippen molar-refractivity contribution in [1.82, 2.24) is 0 Å². The number of ketones is 1. The van der Waals surface area contributed by atoms with E-state index >= 15 is 0 Å². The standard InChI is InChI=1S/C8H13NO/c1-4-7(10)8(9,5-2)6-3/h1H,5-6,9H2,2-3H3. The fourth-order valence-electron chi connectivity index (χ4n) is 0.715. The Labute approximate surface area is 61.8 Å². The molecule has 0 fully saturated rings. The predicted molar refractivity (Wildman–Crippen MR) is 41.3 cm³/mol. The molecule has 0 aliphatic rings. The van der Waals surface area contributed by atoms with Crippen LogP contribution >= 0.6 is 0 Å². The van der Waals surface area contributed by atoms with Crippen LogP contribution in [-0.2, 0) is 4.79 Å². The molecule has 0 spiro atoms. The van der Waals surface area contributed by atoms with Gasteiger partial charge in [0.05, 0.1) is 5.54 Å². The number of carbonyl (C=O) groups is 1. The largest absolute Gasteiger partial charge is 0.318 e. The van der Waals surface area contributed by atoms with Gasteiger partial charge in [0.1, 0.15) is 0 Å². The van der Waals surface area contributed by atoms with E-state index in [0.717, 1.165) is 0 Å². The Morgan fingerprint density at radius 3 is 2.10 bits per heavy atom. The van der Waals surface area contributed by atoms with E-state index in [9.17, 15) is 4.79 Å². The summed E-state index contributed by atoms with van der Waals surface area (Å²) < 4.78 is 0. The third-order valence-corrected chi connectivity index (χ3v) is 1.85. The molecule has 10 heavy (non-hydrogen) atoms. The van der Waals surface area contributed by atoms with Crippen LogP contribution in [0.5, 0.6) is 0 Å². The van der Waals surface area contributed by atoms with Crippen LogP contribution in [0.2, 0.25) is 0 Å². The first kappa shape index (κ1) is 9.19. The molecule has 0 amide bonds. The van der Waals surface area contributed by atoms with Crippen molar-refractivity contribution < 1.29 is 4.79 Å². The second kappa shape index (κ2) is 3.38. The fraction of sp³-hybridized carbons (Fsp3) is 0.625. The highest BCUT2D eigenvalue weighted by Crippen LogP contribution is 2.11. The van der Waals surface area contributed by atoms with Gasteiger partial charge in [0.2, 0.25) is 5.78 Å². The number of carbonyl (C=O) groups excluding carboxylic acids is 1. The molecule has 0 saturated heterocycles. The second-order valence-electron chi connectivity index (χ2n) is 2.34. The molecule has 0 rings (SSSR count). The summed E-state index contributed by atoms with van der Waals surface area (Å²) in [5.74, 6) is 1.75. The maximum absolute atomic E-state index is 10.9. The first-order valence-corrected chi connectivity index (χ1v) is 3.40. The van der Waals surface area contributed by atoms with Crippen LogP contribution in [0.15, 0.2) is 0 Å². The summed E-state index contributed by atoms with van der Waals surface area (Å²) >= 11 is 0. The Balaban J connectivity index is 4.36. The number of Topliss-reactive ketones (excluding diaryl/α,β-unsaturated/α-hetero) is 1. The van der Waals surface area contributed by atoms with Crippen LogP contribution in [0.3, 0.4) is 0 Å². The number of hydrogen-bond donors (Lipinski definition) is 1. The van der Waals surface area contributed by atoms with E-state index in [0.29, 0.717) is 12.8 Å². The monoisotopic (exact) mass is 139 g/mol. The van der Waals surface area contributed by atoms with Crippen molar-refractivity contribution >= 4 is 5.78 Å². The average Bonchev–Trinajstić information content (AvgIpc) is 2.01. The van der Waals surface area contributed by atoms with Crippen molar-refractivity contribution in [3.8, 4) is 12.3 Å². The normalized spacial score (nSPS) is 10.6. The summed E-state index contributed by atoms with van der Waals surface area (Å²) in [7, 11) is 0. The highest BCUT2D eigenvalue weighted by atomic mass is 16.1. The van der Waals surface area contributed by atoms with E-state index in [1.165, 1.54) is 0 Å². The van der Waals surface area contributed by atoms with Crippen molar-refractivity contribution in [2.75, 3.05) is 0 Å². The molecule has 0 radical (unpaired) electrons. The van der Waals surface area contributed by atoms with Crippen molar-refractivity contribution in [2.45, 2.75) is 32.2 Å². The summed E-state index contributed by atoms with van der Waals surface area (Å²) in [5.41, 5.74) is 4.88. The minimum absolute atomic E-state index is 0.294. The minimum atomic E-state index is -0.783. The van der Waals surface area contributed by atoms with Gasteiger partial charge in [0.15, 0.2) is 0 Å². The van der Waals surface area contributed by atoms with E-state index in [1.807, 2.05) is 19.8 Å². The SMILES string of the molecule is C#CC(=O)C(N)(CC)CC. The average molecular weight is 139 g/mol. The van der Waals surface area contributed by atoms with Crippen LogP contribution in [-0.4, -0.2) is 11.3 Å². The molecule has 0 atom stereocenters. The molecule has 0 saturated carbocycles. The molecular formula is C8H13NO. The first-order chi connectivity index (χ1) is 4.60. The minimum Gasteiger partial charge on any atom is -0.318 e. The molecule has 0 aliphatic carbocycles. The van der Waals surface area contributed by atoms with E-state index in [2.05, 4.69) is 0 Å². The van der Waals surface area contributed by atoms with Gasteiger partial charge < -0.3 is 5.73 Å². The van der Waals surface area contributed by atoms with Gasteiger partial charge in [-0.1, -0.05) is 13.8 Å². The van der Waals surface area contributed by atoms with Crippen LogP contribution in [0.25, 0.3) is 0 Å². The molecule has 2 nitrogen and oxygen atoms in total. The molecule has 2 N–H and O–H groups in total. The van der Waals surface area contributed by atoms with Crippen molar-refractivity contribution in [3.05, 3.63) is 0 Å². The van der Waals surface area contributed by atoms with Gasteiger partial charge in [0, 0.05) is 0 Å². The predicted octanol–water partition coefficient (Wildman–Crippen LogP) is 0.706. The van der Waals surface area contributed by atoms with Gasteiger partial charge in [-0.05, 0) is 18.8 Å². The Morgan fingerprint density at radius 1 is 1.60 bits per heavy atom. The van der Waals surface area contributed by atoms with E-state index in [4.69, 9.17) is 12.2 Å². The van der Waals surface area contributed by atoms with Gasteiger partial charge in [-0.25, -0.2) is 0 Å². The van der Waals surface area contributed by atoms with Gasteiger partial charge in [0.25, 0.3) is 0 Å². The quantitative estimate of drug-likeness (QED) is 0.462. The summed E-state index contributed by atoms with van der Waals surface area (Å²) in [6.07, 6.45) is 6.14. The molecule has 0 unspecified atom stereocenters. The van der Waals surface area contributed by atoms with Crippen molar-refractivity contribution in [3.63, 3.8) is 0 Å². The Bertz CT molecular complexity index is 163. The van der Waals surface area contributed by atoms with E-state index < -0.39 is 5.54 Å². The number of terminal acetylenes is 1. The molecule has 56 valence electrons. The van der Waals surface area contributed by atoms with Crippen LogP contribution in [0.1, 0.15) is 26.7 Å². The Kier molecular flexibility index (Phi) is 3.11. The maximum Gasteiger partial charge on any atom is 0.224 e. The zero-order chi connectivity index (χ0) is 8.20. The topological polar surface area (TPSA) is 43.1 Å². The fourth-order valence-corrected chi connectivity index (χ4v) is 0.715. The lowest BCUT2D eigenvalue weighted by atomic mass is 9.90. The molecule has 0 aromatic carbocycles. The number of rotatable bonds is 3. The summed E-state index contributed by atoms with van der Waals surface area (Å²) in [6, 6.07) is 0. The van der Waals surface area contributed by atoms with E-state index in [-0.39, 0.29) is 5.78 Å². The third-order valence-electron chi connectivity index (χ3n) is 1.85. The molecule has 0 bridgehead atoms. The number of nitrogens with two attached hydrogens (primary N) is 1. The number of hydrogen-bond acceptors (Lipinski definition) is 2. The lowest BCUT2D eigenvalue weighted by Gasteiger charge is -2.21. The summed E-state index contributed by atoms with van der Waals surface area (Å²) in [4.78, 5) is 10.9. The zero-order valence-electron chi connectivity index (χ0n) is 6.48. The van der Waals surface area contributed by atoms with Crippen molar-refractivity contribution in [2.24, 2.45) is 5.73 Å². The Hall–Kier alpha value is -0.810. The smallest absolute Gasteiger partial charge is 0.224 e. The summed E-state index contributed by atoms with van der Waals surface area (Å²) in [5, 5.41) is 0. The van der Waals surface area contributed by atoms with E-state index in [1.54, 1.807) is 0 Å². The molecular weight excluding hydrogens is 126 g/mol. The molecule has 0 heterocycles. The first-order valence-electron chi connectivity index (χ1n) is 3.40. The van der Waals surface area contributed by atoms with Crippen LogP contribution in [0.4, 0.5) is 0 Å². The maximum atomic E-state index is 10.9. The molecule has 2 heteroatoms. The van der Waals surface area contributed by atoms with Gasteiger partial charge in [-0.15, -0.1) is 6.42 Å². The van der Waals surface area contributed by atoms with Crippen LogP contribution < -0.4 is 5.73 Å². The van der Waals surface area contributed by atoms with Gasteiger partial charge in [-0.3, -0.25) is 4.79 Å². The lowest BCUT2D eigenvalue weighted by Crippen LogP contribution is -2.46. The molecule has 0 aromatic rings. The highest BCUT2D eigenvalue weighted by molar-refractivity contribution is 6.02. The summed E-state index contributed by atoms with van der Waals surface area (Å²) in [6.45, 7) is 3.72. The Morgan fingerprint density at radius 2 is 2.00 bits per heavy atom. The lowest BCUT2D eigenvalue weighted by molar-refractivity contribution is -0.118. The molecule has 0 aromatic heterocycles. The van der Waals surface area contributed by atoms with Crippen molar-refractivity contribution in [1.29, 1.82) is 0 Å². The van der Waals surface area contributed by atoms with Gasteiger partial charge >= 0.3 is 0 Å². The third kappa shape index (κ3) is 1.58. The van der Waals surface area contributed by atoms with Gasteiger partial charge in [-0.2, -0.15) is 0 Å². The molecule has 0 aliphatic heterocycles. The zero-order valence-corrected chi connectivity index (χ0v) is 6.48.